The van der Waals surface area contributed by atoms with Crippen molar-refractivity contribution in [3.63, 3.8) is 0 Å². The molecular weight excluding hydrogens is 234 g/mol. The Hall–Kier alpha value is -2.18. The van der Waals surface area contributed by atoms with Crippen molar-refractivity contribution in [2.45, 2.75) is 32.7 Å². The summed E-state index contributed by atoms with van der Waals surface area (Å²) in [4.78, 5) is 11.1. The number of carboxylic acid groups (broad SMARTS) is 1. The van der Waals surface area contributed by atoms with Crippen LogP contribution >= 0.6 is 0 Å². The summed E-state index contributed by atoms with van der Waals surface area (Å²) >= 11 is 0. The van der Waals surface area contributed by atoms with Gasteiger partial charge < -0.3 is 10.4 Å². The predicted molar refractivity (Wildman–Crippen MR) is 65.5 cm³/mol. The van der Waals surface area contributed by atoms with Crippen molar-refractivity contribution in [1.82, 2.24) is 19.8 Å². The molecule has 0 saturated carbocycles. The van der Waals surface area contributed by atoms with Crippen LogP contribution in [0.15, 0.2) is 12.1 Å². The molecule has 0 aliphatic heterocycles. The first kappa shape index (κ1) is 12.3. The van der Waals surface area contributed by atoms with Gasteiger partial charge in [0.05, 0.1) is 0 Å². The highest BCUT2D eigenvalue weighted by atomic mass is 16.4. The topological polar surface area (TPSA) is 92.4 Å². The number of nitrogens with zero attached hydrogens (tertiary/aromatic N) is 4. The molecule has 0 amide bonds. The zero-order valence-corrected chi connectivity index (χ0v) is 10.3. The first-order valence-corrected chi connectivity index (χ1v) is 5.80. The van der Waals surface area contributed by atoms with Crippen molar-refractivity contribution in [3.8, 4) is 0 Å². The molecule has 0 aromatic carbocycles. The van der Waals surface area contributed by atoms with Gasteiger partial charge in [-0.15, -0.1) is 15.3 Å². The lowest BCUT2D eigenvalue weighted by atomic mass is 10.2. The molecule has 2 aromatic heterocycles. The van der Waals surface area contributed by atoms with Gasteiger partial charge >= 0.3 is 5.97 Å². The van der Waals surface area contributed by atoms with E-state index in [2.05, 4.69) is 20.6 Å². The number of aryl methyl sites for hydroxylation is 1. The van der Waals surface area contributed by atoms with Gasteiger partial charge in [0.1, 0.15) is 11.9 Å². The van der Waals surface area contributed by atoms with Crippen LogP contribution in [0, 0.1) is 6.92 Å². The molecule has 2 rings (SSSR count). The largest absolute Gasteiger partial charge is 0.480 e. The van der Waals surface area contributed by atoms with Gasteiger partial charge in [0.2, 0.25) is 0 Å². The third-order valence-electron chi connectivity index (χ3n) is 2.62. The number of carbonyl (C=O) groups is 1. The number of aromatic nitrogens is 4. The first-order chi connectivity index (χ1) is 8.61. The highest BCUT2D eigenvalue weighted by Crippen LogP contribution is 2.10. The smallest absolute Gasteiger partial charge is 0.326 e. The van der Waals surface area contributed by atoms with E-state index in [4.69, 9.17) is 5.11 Å². The molecular formula is C11H15N5O2. The zero-order chi connectivity index (χ0) is 13.1. The van der Waals surface area contributed by atoms with E-state index in [-0.39, 0.29) is 0 Å². The van der Waals surface area contributed by atoms with Crippen LogP contribution in [0.2, 0.25) is 0 Å². The van der Waals surface area contributed by atoms with Crippen LogP contribution in [-0.2, 0) is 4.79 Å². The molecule has 96 valence electrons. The van der Waals surface area contributed by atoms with Gasteiger partial charge in [-0.2, -0.15) is 4.52 Å². The number of anilines is 1. The number of fused-ring (bicyclic) bond motifs is 1. The van der Waals surface area contributed by atoms with E-state index in [1.807, 2.05) is 6.92 Å². The molecule has 7 nitrogen and oxygen atoms in total. The average Bonchev–Trinajstić information content (AvgIpc) is 2.70. The van der Waals surface area contributed by atoms with Gasteiger partial charge in [0, 0.05) is 0 Å². The lowest BCUT2D eigenvalue weighted by molar-refractivity contribution is -0.138. The Labute approximate surface area is 104 Å². The molecule has 2 aromatic rings. The van der Waals surface area contributed by atoms with Crippen molar-refractivity contribution in [1.29, 1.82) is 0 Å². The van der Waals surface area contributed by atoms with Gasteiger partial charge in [0.25, 0.3) is 0 Å². The van der Waals surface area contributed by atoms with E-state index >= 15 is 0 Å². The quantitative estimate of drug-likeness (QED) is 0.824. The number of hydrogen-bond donors (Lipinski definition) is 2. The maximum atomic E-state index is 11.1. The van der Waals surface area contributed by atoms with Crippen LogP contribution in [0.25, 0.3) is 5.65 Å². The fraction of sp³-hybridized carbons (Fsp3) is 0.455. The number of aliphatic carboxylic acids is 1. The van der Waals surface area contributed by atoms with Crippen LogP contribution in [0.3, 0.4) is 0 Å². The Morgan fingerprint density at radius 1 is 1.50 bits per heavy atom. The first-order valence-electron chi connectivity index (χ1n) is 5.80. The summed E-state index contributed by atoms with van der Waals surface area (Å²) < 4.78 is 1.58. The molecule has 0 bridgehead atoms. The molecule has 0 saturated heterocycles. The Balaban J connectivity index is 2.24. The van der Waals surface area contributed by atoms with Gasteiger partial charge in [-0.3, -0.25) is 0 Å². The molecule has 0 aliphatic carbocycles. The van der Waals surface area contributed by atoms with Gasteiger partial charge in [0.15, 0.2) is 11.5 Å². The number of rotatable bonds is 5. The second-order valence-electron chi connectivity index (χ2n) is 4.06. The molecule has 2 heterocycles. The minimum Gasteiger partial charge on any atom is -0.480 e. The SMILES string of the molecule is CCCC(Nc1ccc2nnc(C)n2n1)C(=O)O. The van der Waals surface area contributed by atoms with Gasteiger partial charge in [-0.1, -0.05) is 13.3 Å². The number of nitrogens with one attached hydrogen (secondary N) is 1. The Kier molecular flexibility index (Phi) is 3.40. The molecule has 0 radical (unpaired) electrons. The van der Waals surface area contributed by atoms with Crippen molar-refractivity contribution in [3.05, 3.63) is 18.0 Å². The Morgan fingerprint density at radius 2 is 2.28 bits per heavy atom. The fourth-order valence-electron chi connectivity index (χ4n) is 1.70. The second-order valence-corrected chi connectivity index (χ2v) is 4.06. The summed E-state index contributed by atoms with van der Waals surface area (Å²) in [6.07, 6.45) is 1.34. The summed E-state index contributed by atoms with van der Waals surface area (Å²) in [6.45, 7) is 3.73. The minimum absolute atomic E-state index is 0.506. The van der Waals surface area contributed by atoms with Crippen LogP contribution in [0.1, 0.15) is 25.6 Å². The van der Waals surface area contributed by atoms with E-state index in [1.165, 1.54) is 0 Å². The Morgan fingerprint density at radius 3 is 2.94 bits per heavy atom. The van der Waals surface area contributed by atoms with Crippen molar-refractivity contribution >= 4 is 17.4 Å². The average molecular weight is 249 g/mol. The van der Waals surface area contributed by atoms with Crippen molar-refractivity contribution in [2.24, 2.45) is 0 Å². The third-order valence-corrected chi connectivity index (χ3v) is 2.62. The van der Waals surface area contributed by atoms with Gasteiger partial charge in [-0.25, -0.2) is 4.79 Å². The highest BCUT2D eigenvalue weighted by molar-refractivity contribution is 5.76. The summed E-state index contributed by atoms with van der Waals surface area (Å²) in [7, 11) is 0. The molecule has 0 fully saturated rings. The standard InChI is InChI=1S/C11H15N5O2/c1-3-4-8(11(17)18)12-9-5-6-10-14-13-7(2)16(10)15-9/h5-6,8H,3-4H2,1-2H3,(H,12,15)(H,17,18). The van der Waals surface area contributed by atoms with Crippen LogP contribution < -0.4 is 5.32 Å². The summed E-state index contributed by atoms with van der Waals surface area (Å²) in [5.41, 5.74) is 0.639. The summed E-state index contributed by atoms with van der Waals surface area (Å²) in [6, 6.07) is 2.83. The summed E-state index contributed by atoms with van der Waals surface area (Å²) in [5.74, 6) is 0.293. The second kappa shape index (κ2) is 4.99. The van der Waals surface area contributed by atoms with E-state index in [9.17, 15) is 4.79 Å². The molecule has 1 unspecified atom stereocenters. The molecule has 18 heavy (non-hydrogen) atoms. The monoisotopic (exact) mass is 249 g/mol. The summed E-state index contributed by atoms with van der Waals surface area (Å²) in [5, 5.41) is 24.0. The molecule has 0 spiro atoms. The number of hydrogen-bond acceptors (Lipinski definition) is 5. The fourth-order valence-corrected chi connectivity index (χ4v) is 1.70. The maximum absolute atomic E-state index is 11.1. The van der Waals surface area contributed by atoms with E-state index < -0.39 is 12.0 Å². The maximum Gasteiger partial charge on any atom is 0.326 e. The Bertz CT molecular complexity index is 566. The van der Waals surface area contributed by atoms with Crippen LogP contribution in [0.4, 0.5) is 5.82 Å². The normalized spacial score (nSPS) is 12.6. The lowest BCUT2D eigenvalue weighted by Crippen LogP contribution is -2.29. The van der Waals surface area contributed by atoms with Crippen LogP contribution in [0.5, 0.6) is 0 Å². The predicted octanol–water partition coefficient (Wildman–Crippen LogP) is 1.10. The molecule has 2 N–H and O–H groups in total. The van der Waals surface area contributed by atoms with E-state index in [0.717, 1.165) is 6.42 Å². The molecule has 1 atom stereocenters. The third kappa shape index (κ3) is 2.39. The molecule has 0 aliphatic rings. The van der Waals surface area contributed by atoms with Crippen molar-refractivity contribution < 1.29 is 9.90 Å². The van der Waals surface area contributed by atoms with E-state index in [0.29, 0.717) is 23.7 Å². The minimum atomic E-state index is -0.876. The number of carboxylic acids is 1. The molecule has 7 heteroatoms. The van der Waals surface area contributed by atoms with Crippen molar-refractivity contribution in [2.75, 3.05) is 5.32 Å². The van der Waals surface area contributed by atoms with Gasteiger partial charge in [-0.05, 0) is 25.5 Å². The zero-order valence-electron chi connectivity index (χ0n) is 10.3. The van der Waals surface area contributed by atoms with Crippen LogP contribution in [-0.4, -0.2) is 36.9 Å². The lowest BCUT2D eigenvalue weighted by Gasteiger charge is -2.13. The highest BCUT2D eigenvalue weighted by Gasteiger charge is 2.16. The van der Waals surface area contributed by atoms with E-state index in [1.54, 1.807) is 23.6 Å².